The fraction of sp³-hybridized carbons (Fsp3) is 0.348. The number of esters is 1. The molecular weight excluding hydrogens is 432 g/mol. The second kappa shape index (κ2) is 10.1. The van der Waals surface area contributed by atoms with Gasteiger partial charge in [0.2, 0.25) is 10.0 Å². The first-order chi connectivity index (χ1) is 15.2. The summed E-state index contributed by atoms with van der Waals surface area (Å²) < 4.78 is 32.1. The number of carbonyl (C=O) groups is 3. The lowest BCUT2D eigenvalue weighted by Crippen LogP contribution is -2.41. The molecule has 1 N–H and O–H groups in total. The zero-order valence-corrected chi connectivity index (χ0v) is 18.8. The molecule has 1 unspecified atom stereocenters. The highest BCUT2D eigenvalue weighted by atomic mass is 32.2. The van der Waals surface area contributed by atoms with E-state index in [-0.39, 0.29) is 23.8 Å². The Morgan fingerprint density at radius 1 is 1.00 bits per heavy atom. The number of Topliss-reactive ketones (excluding diaryl/α,β-unsaturated/α-hetero) is 1. The molecule has 8 nitrogen and oxygen atoms in total. The summed E-state index contributed by atoms with van der Waals surface area (Å²) in [5, 5.41) is 2.62. The van der Waals surface area contributed by atoms with E-state index in [1.807, 2.05) is 0 Å². The van der Waals surface area contributed by atoms with Crippen molar-refractivity contribution in [1.82, 2.24) is 4.31 Å². The quantitative estimate of drug-likeness (QED) is 0.505. The molecule has 1 saturated heterocycles. The molecule has 0 saturated carbocycles. The van der Waals surface area contributed by atoms with E-state index in [4.69, 9.17) is 4.74 Å². The van der Waals surface area contributed by atoms with Crippen molar-refractivity contribution >= 4 is 33.4 Å². The van der Waals surface area contributed by atoms with Gasteiger partial charge in [0.25, 0.3) is 5.91 Å². The van der Waals surface area contributed by atoms with Gasteiger partial charge in [-0.3, -0.25) is 14.4 Å². The molecule has 2 aromatic carbocycles. The van der Waals surface area contributed by atoms with Gasteiger partial charge in [0.05, 0.1) is 16.5 Å². The van der Waals surface area contributed by atoms with Gasteiger partial charge in [-0.05, 0) is 51.0 Å². The molecule has 32 heavy (non-hydrogen) atoms. The van der Waals surface area contributed by atoms with Crippen molar-refractivity contribution in [3.63, 3.8) is 0 Å². The van der Waals surface area contributed by atoms with Gasteiger partial charge in [0.1, 0.15) is 0 Å². The Kier molecular flexibility index (Phi) is 7.42. The molecular formula is C23H26N2O6S. The third-order valence-electron chi connectivity index (χ3n) is 5.39. The number of anilines is 1. The number of amides is 1. The van der Waals surface area contributed by atoms with Gasteiger partial charge in [0, 0.05) is 18.7 Å². The van der Waals surface area contributed by atoms with Crippen LogP contribution in [0.25, 0.3) is 0 Å². The number of sulfonamides is 1. The van der Waals surface area contributed by atoms with Crippen LogP contribution >= 0.6 is 0 Å². The highest BCUT2D eigenvalue weighted by Crippen LogP contribution is 2.25. The molecule has 3 rings (SSSR count). The molecule has 1 atom stereocenters. The lowest BCUT2D eigenvalue weighted by molar-refractivity contribution is -0.158. The van der Waals surface area contributed by atoms with Crippen LogP contribution in [0.2, 0.25) is 0 Å². The molecule has 1 heterocycles. The van der Waals surface area contributed by atoms with Crippen LogP contribution in [0.1, 0.15) is 37.0 Å². The number of nitrogens with one attached hydrogen (secondary N) is 1. The van der Waals surface area contributed by atoms with E-state index in [1.165, 1.54) is 18.2 Å². The third-order valence-corrected chi connectivity index (χ3v) is 7.31. The summed E-state index contributed by atoms with van der Waals surface area (Å²) in [5.41, 5.74) is 0.721. The van der Waals surface area contributed by atoms with Crippen LogP contribution in [0.5, 0.6) is 0 Å². The lowest BCUT2D eigenvalue weighted by Gasteiger charge is -2.30. The minimum atomic E-state index is -3.60. The Labute approximate surface area is 187 Å². The molecule has 0 radical (unpaired) electrons. The zero-order chi connectivity index (χ0) is 23.3. The molecule has 1 aliphatic rings. The Hall–Kier alpha value is -3.04. The van der Waals surface area contributed by atoms with Gasteiger partial charge in [-0.2, -0.15) is 4.31 Å². The highest BCUT2D eigenvalue weighted by molar-refractivity contribution is 7.89. The second-order valence-corrected chi connectivity index (χ2v) is 9.60. The number of ether oxygens (including phenoxy) is 1. The van der Waals surface area contributed by atoms with Crippen LogP contribution in [0, 0.1) is 5.92 Å². The van der Waals surface area contributed by atoms with E-state index in [1.54, 1.807) is 54.6 Å². The monoisotopic (exact) mass is 458 g/mol. The van der Waals surface area contributed by atoms with Crippen molar-refractivity contribution in [2.45, 2.75) is 37.7 Å². The lowest BCUT2D eigenvalue weighted by atomic mass is 9.98. The molecule has 1 fully saturated rings. The van der Waals surface area contributed by atoms with Crippen LogP contribution in [0.15, 0.2) is 59.5 Å². The molecule has 1 aliphatic heterocycles. The summed E-state index contributed by atoms with van der Waals surface area (Å²) in [6, 6.07) is 14.8. The van der Waals surface area contributed by atoms with E-state index < -0.39 is 33.9 Å². The van der Waals surface area contributed by atoms with Gasteiger partial charge in [-0.1, -0.05) is 30.3 Å². The number of ketones is 1. The zero-order valence-electron chi connectivity index (χ0n) is 18.0. The fourth-order valence-corrected chi connectivity index (χ4v) is 5.02. The number of piperidine rings is 1. The number of hydrogen-bond acceptors (Lipinski definition) is 6. The van der Waals surface area contributed by atoms with Gasteiger partial charge in [-0.15, -0.1) is 0 Å². The summed E-state index contributed by atoms with van der Waals surface area (Å²) in [6.45, 7) is 3.25. The first-order valence-electron chi connectivity index (χ1n) is 10.4. The standard InChI is InChI=1S/C23H26N2O6S/c1-16(26)20-10-6-7-11-21(20)24-22(27)17(2)31-23(28)18-12-14-25(15-13-18)32(29,30)19-8-4-3-5-9-19/h3-11,17-18H,12-15H2,1-2H3,(H,24,27). The van der Waals surface area contributed by atoms with Crippen molar-refractivity contribution in [3.8, 4) is 0 Å². The Morgan fingerprint density at radius 3 is 2.22 bits per heavy atom. The maximum atomic E-state index is 12.7. The van der Waals surface area contributed by atoms with Crippen LogP contribution in [0.4, 0.5) is 5.69 Å². The second-order valence-electron chi connectivity index (χ2n) is 7.66. The van der Waals surface area contributed by atoms with Crippen molar-refractivity contribution in [1.29, 1.82) is 0 Å². The van der Waals surface area contributed by atoms with Crippen LogP contribution in [-0.4, -0.2) is 49.6 Å². The average molecular weight is 459 g/mol. The Bertz CT molecular complexity index is 1090. The van der Waals surface area contributed by atoms with E-state index >= 15 is 0 Å². The van der Waals surface area contributed by atoms with Crippen molar-refractivity contribution < 1.29 is 27.5 Å². The minimum Gasteiger partial charge on any atom is -0.452 e. The third kappa shape index (κ3) is 5.41. The van der Waals surface area contributed by atoms with E-state index in [9.17, 15) is 22.8 Å². The molecule has 1 amide bonds. The van der Waals surface area contributed by atoms with Crippen molar-refractivity contribution in [2.75, 3.05) is 18.4 Å². The first-order valence-corrected chi connectivity index (χ1v) is 11.8. The largest absolute Gasteiger partial charge is 0.452 e. The highest BCUT2D eigenvalue weighted by Gasteiger charge is 2.34. The van der Waals surface area contributed by atoms with Crippen LogP contribution < -0.4 is 5.32 Å². The minimum absolute atomic E-state index is 0.192. The van der Waals surface area contributed by atoms with E-state index in [0.717, 1.165) is 0 Å². The molecule has 0 aromatic heterocycles. The topological polar surface area (TPSA) is 110 Å². The number of rotatable bonds is 7. The number of para-hydroxylation sites is 1. The van der Waals surface area contributed by atoms with Gasteiger partial charge in [-0.25, -0.2) is 8.42 Å². The average Bonchev–Trinajstić information content (AvgIpc) is 2.79. The van der Waals surface area contributed by atoms with Gasteiger partial charge < -0.3 is 10.1 Å². The first kappa shape index (κ1) is 23.6. The molecule has 0 bridgehead atoms. The normalized spacial score (nSPS) is 16.2. The summed E-state index contributed by atoms with van der Waals surface area (Å²) >= 11 is 0. The van der Waals surface area contributed by atoms with Gasteiger partial charge in [0.15, 0.2) is 11.9 Å². The fourth-order valence-electron chi connectivity index (χ4n) is 3.53. The number of benzene rings is 2. The van der Waals surface area contributed by atoms with Crippen molar-refractivity contribution in [3.05, 3.63) is 60.2 Å². The summed E-state index contributed by atoms with van der Waals surface area (Å²) in [7, 11) is -3.60. The summed E-state index contributed by atoms with van der Waals surface area (Å²) in [6.07, 6.45) is -0.438. The van der Waals surface area contributed by atoms with Crippen LogP contribution in [-0.2, 0) is 24.3 Å². The Balaban J connectivity index is 1.55. The van der Waals surface area contributed by atoms with Crippen LogP contribution in [0.3, 0.4) is 0 Å². The Morgan fingerprint density at radius 2 is 1.59 bits per heavy atom. The summed E-state index contributed by atoms with van der Waals surface area (Å²) in [4.78, 5) is 36.9. The van der Waals surface area contributed by atoms with Crippen molar-refractivity contribution in [2.24, 2.45) is 5.92 Å². The predicted octanol–water partition coefficient (Wildman–Crippen LogP) is 2.86. The number of nitrogens with zero attached hydrogens (tertiary/aromatic N) is 1. The predicted molar refractivity (Wildman–Crippen MR) is 119 cm³/mol. The molecule has 2 aromatic rings. The molecule has 170 valence electrons. The maximum absolute atomic E-state index is 12.7. The molecule has 9 heteroatoms. The van der Waals surface area contributed by atoms with E-state index in [2.05, 4.69) is 5.32 Å². The summed E-state index contributed by atoms with van der Waals surface area (Å²) in [5.74, 6) is -1.76. The number of hydrogen-bond donors (Lipinski definition) is 1. The number of carbonyl (C=O) groups excluding carboxylic acids is 3. The smallest absolute Gasteiger partial charge is 0.309 e. The molecule has 0 aliphatic carbocycles. The SMILES string of the molecule is CC(=O)c1ccccc1NC(=O)C(C)OC(=O)C1CCN(S(=O)(=O)c2ccccc2)CC1. The maximum Gasteiger partial charge on any atom is 0.309 e. The molecule has 0 spiro atoms. The van der Waals surface area contributed by atoms with E-state index in [0.29, 0.717) is 24.1 Å². The van der Waals surface area contributed by atoms with Gasteiger partial charge >= 0.3 is 5.97 Å².